The Morgan fingerprint density at radius 3 is 0.800 bits per heavy atom. The second-order valence-corrected chi connectivity index (χ2v) is 19.9. The zero-order valence-corrected chi connectivity index (χ0v) is 44.0. The van der Waals surface area contributed by atoms with Crippen LogP contribution in [0.4, 0.5) is 0 Å². The van der Waals surface area contributed by atoms with Crippen molar-refractivity contribution in [2.45, 2.75) is 335 Å². The molecular formula is C59H112O6. The molecule has 0 radical (unpaired) electrons. The molecule has 0 rings (SSSR count). The maximum absolute atomic E-state index is 12.8. The van der Waals surface area contributed by atoms with Crippen molar-refractivity contribution in [1.82, 2.24) is 0 Å². The minimum absolute atomic E-state index is 0.0665. The van der Waals surface area contributed by atoms with E-state index in [0.29, 0.717) is 19.3 Å². The molecule has 65 heavy (non-hydrogen) atoms. The van der Waals surface area contributed by atoms with Crippen molar-refractivity contribution < 1.29 is 28.6 Å². The lowest BCUT2D eigenvalue weighted by atomic mass is 10.0. The Balaban J connectivity index is 4.28. The summed E-state index contributed by atoms with van der Waals surface area (Å²) < 4.78 is 16.9. The van der Waals surface area contributed by atoms with Crippen LogP contribution >= 0.6 is 0 Å². The molecule has 6 heteroatoms. The first-order chi connectivity index (χ1) is 32.0. The number of carbonyl (C=O) groups is 3. The van der Waals surface area contributed by atoms with Gasteiger partial charge in [-0.05, 0) is 44.9 Å². The second-order valence-electron chi connectivity index (χ2n) is 19.9. The highest BCUT2D eigenvalue weighted by Gasteiger charge is 2.19. The van der Waals surface area contributed by atoms with Gasteiger partial charge in [-0.1, -0.05) is 277 Å². The molecule has 0 saturated heterocycles. The van der Waals surface area contributed by atoms with Crippen LogP contribution < -0.4 is 0 Å². The topological polar surface area (TPSA) is 78.9 Å². The van der Waals surface area contributed by atoms with Crippen molar-refractivity contribution in [3.8, 4) is 0 Å². The summed E-state index contributed by atoms with van der Waals surface area (Å²) in [5.74, 6) is -0.851. The Morgan fingerprint density at radius 2 is 0.508 bits per heavy atom. The van der Waals surface area contributed by atoms with Crippen molar-refractivity contribution in [2.24, 2.45) is 0 Å². The molecule has 0 amide bonds. The van der Waals surface area contributed by atoms with Crippen LogP contribution in [0.2, 0.25) is 0 Å². The van der Waals surface area contributed by atoms with Crippen LogP contribution in [0.25, 0.3) is 0 Å². The maximum atomic E-state index is 12.8. The molecule has 384 valence electrons. The monoisotopic (exact) mass is 917 g/mol. The van der Waals surface area contributed by atoms with Crippen LogP contribution in [0.3, 0.4) is 0 Å². The normalized spacial score (nSPS) is 12.0. The first kappa shape index (κ1) is 63.1. The third-order valence-corrected chi connectivity index (χ3v) is 13.3. The summed E-state index contributed by atoms with van der Waals surface area (Å²) in [6.07, 6.45) is 62.0. The van der Waals surface area contributed by atoms with Gasteiger partial charge >= 0.3 is 17.9 Å². The highest BCUT2D eigenvalue weighted by atomic mass is 16.6. The van der Waals surface area contributed by atoms with E-state index in [1.165, 1.54) is 225 Å². The van der Waals surface area contributed by atoms with Gasteiger partial charge in [-0.15, -0.1) is 0 Å². The van der Waals surface area contributed by atoms with Crippen LogP contribution in [0.1, 0.15) is 329 Å². The molecule has 0 fully saturated rings. The summed E-state index contributed by atoms with van der Waals surface area (Å²) in [5.41, 5.74) is 0. The number of hydrogen-bond acceptors (Lipinski definition) is 6. The van der Waals surface area contributed by atoms with E-state index < -0.39 is 6.10 Å². The van der Waals surface area contributed by atoms with Gasteiger partial charge in [-0.25, -0.2) is 0 Å². The lowest BCUT2D eigenvalue weighted by Gasteiger charge is -2.18. The van der Waals surface area contributed by atoms with Crippen LogP contribution in [-0.2, 0) is 28.6 Å². The van der Waals surface area contributed by atoms with E-state index in [1.807, 2.05) is 0 Å². The second kappa shape index (κ2) is 54.8. The van der Waals surface area contributed by atoms with Crippen molar-refractivity contribution in [3.63, 3.8) is 0 Å². The van der Waals surface area contributed by atoms with Crippen molar-refractivity contribution in [2.75, 3.05) is 13.2 Å². The largest absolute Gasteiger partial charge is 0.462 e. The number of unbranched alkanes of at least 4 members (excludes halogenated alkanes) is 41. The predicted octanol–water partition coefficient (Wildman–Crippen LogP) is 19.3. The maximum Gasteiger partial charge on any atom is 0.306 e. The molecule has 0 aliphatic carbocycles. The molecule has 0 aromatic carbocycles. The first-order valence-corrected chi connectivity index (χ1v) is 29.2. The average molecular weight is 918 g/mol. The standard InChI is InChI=1S/C59H112O6/c1-4-7-10-13-16-19-22-25-27-29-31-32-34-37-40-43-46-49-52-58(61)64-55-56(54-63-57(60)51-48-45-42-39-36-24-21-18-15-12-9-6-3)65-59(62)53-50-47-44-41-38-35-33-30-28-26-23-20-17-14-11-8-5-2/h18,21,56H,4-17,19-20,22-55H2,1-3H3/b21-18-. The Labute approximate surface area is 405 Å². The summed E-state index contributed by atoms with van der Waals surface area (Å²) in [4.78, 5) is 38.1. The number of carbonyl (C=O) groups excluding carboxylic acids is 3. The Morgan fingerprint density at radius 1 is 0.292 bits per heavy atom. The van der Waals surface area contributed by atoms with E-state index in [9.17, 15) is 14.4 Å². The molecule has 0 spiro atoms. The molecule has 0 aromatic heterocycles. The summed E-state index contributed by atoms with van der Waals surface area (Å²) in [5, 5.41) is 0. The van der Waals surface area contributed by atoms with E-state index in [2.05, 4.69) is 32.9 Å². The van der Waals surface area contributed by atoms with Crippen LogP contribution in [0, 0.1) is 0 Å². The fourth-order valence-electron chi connectivity index (χ4n) is 8.85. The molecular weight excluding hydrogens is 805 g/mol. The van der Waals surface area contributed by atoms with Crippen molar-refractivity contribution >= 4 is 17.9 Å². The SMILES string of the molecule is CCCCC/C=C\CCCCCCCC(=O)OCC(COC(=O)CCCCCCCCCCCCCCCCCCCC)OC(=O)CCCCCCCCCCCCCCCCCCC. The van der Waals surface area contributed by atoms with Gasteiger partial charge in [0, 0.05) is 19.3 Å². The van der Waals surface area contributed by atoms with Gasteiger partial charge in [0.15, 0.2) is 6.10 Å². The van der Waals surface area contributed by atoms with Gasteiger partial charge < -0.3 is 14.2 Å². The van der Waals surface area contributed by atoms with E-state index >= 15 is 0 Å². The molecule has 0 heterocycles. The summed E-state index contributed by atoms with van der Waals surface area (Å²) in [6.45, 7) is 6.67. The smallest absolute Gasteiger partial charge is 0.306 e. The molecule has 0 aliphatic rings. The number of allylic oxidation sites excluding steroid dienone is 2. The molecule has 0 aromatic rings. The molecule has 1 atom stereocenters. The average Bonchev–Trinajstić information content (AvgIpc) is 3.30. The molecule has 0 aliphatic heterocycles. The van der Waals surface area contributed by atoms with Gasteiger partial charge in [0.1, 0.15) is 13.2 Å². The number of esters is 3. The summed E-state index contributed by atoms with van der Waals surface area (Å²) >= 11 is 0. The van der Waals surface area contributed by atoms with E-state index in [0.717, 1.165) is 64.2 Å². The minimum atomic E-state index is -0.767. The molecule has 0 N–H and O–H groups in total. The van der Waals surface area contributed by atoms with E-state index in [4.69, 9.17) is 14.2 Å². The fraction of sp³-hybridized carbons (Fsp3) is 0.915. The Hall–Kier alpha value is -1.85. The highest BCUT2D eigenvalue weighted by Crippen LogP contribution is 2.17. The van der Waals surface area contributed by atoms with Crippen LogP contribution in [0.15, 0.2) is 12.2 Å². The van der Waals surface area contributed by atoms with Gasteiger partial charge in [0.25, 0.3) is 0 Å². The Kier molecular flexibility index (Phi) is 53.2. The summed E-state index contributed by atoms with van der Waals surface area (Å²) in [6, 6.07) is 0. The van der Waals surface area contributed by atoms with Crippen molar-refractivity contribution in [1.29, 1.82) is 0 Å². The van der Waals surface area contributed by atoms with E-state index in [1.54, 1.807) is 0 Å². The number of ether oxygens (including phenoxy) is 3. The predicted molar refractivity (Wildman–Crippen MR) is 280 cm³/mol. The lowest BCUT2D eigenvalue weighted by molar-refractivity contribution is -0.167. The highest BCUT2D eigenvalue weighted by molar-refractivity contribution is 5.71. The minimum Gasteiger partial charge on any atom is -0.462 e. The first-order valence-electron chi connectivity index (χ1n) is 29.2. The fourth-order valence-corrected chi connectivity index (χ4v) is 8.85. The lowest BCUT2D eigenvalue weighted by Crippen LogP contribution is -2.30. The van der Waals surface area contributed by atoms with E-state index in [-0.39, 0.29) is 31.1 Å². The quantitative estimate of drug-likeness (QED) is 0.0262. The van der Waals surface area contributed by atoms with Gasteiger partial charge in [0.2, 0.25) is 0 Å². The number of hydrogen-bond donors (Lipinski definition) is 0. The molecule has 1 unspecified atom stereocenters. The van der Waals surface area contributed by atoms with Gasteiger partial charge in [0.05, 0.1) is 0 Å². The molecule has 6 nitrogen and oxygen atoms in total. The zero-order valence-electron chi connectivity index (χ0n) is 44.0. The molecule has 0 bridgehead atoms. The van der Waals surface area contributed by atoms with Gasteiger partial charge in [-0.2, -0.15) is 0 Å². The van der Waals surface area contributed by atoms with Crippen molar-refractivity contribution in [3.05, 3.63) is 12.2 Å². The summed E-state index contributed by atoms with van der Waals surface area (Å²) in [7, 11) is 0. The van der Waals surface area contributed by atoms with Gasteiger partial charge in [-0.3, -0.25) is 14.4 Å². The Bertz CT molecular complexity index is 1010. The zero-order chi connectivity index (χ0) is 47.2. The molecule has 0 saturated carbocycles. The van der Waals surface area contributed by atoms with Crippen LogP contribution in [0.5, 0.6) is 0 Å². The third-order valence-electron chi connectivity index (χ3n) is 13.3. The van der Waals surface area contributed by atoms with Crippen LogP contribution in [-0.4, -0.2) is 37.2 Å². The number of rotatable bonds is 54. The third kappa shape index (κ3) is 53.0.